The topological polar surface area (TPSA) is 136 Å². The van der Waals surface area contributed by atoms with Gasteiger partial charge in [0.25, 0.3) is 0 Å². The number of halogens is 2. The van der Waals surface area contributed by atoms with Crippen LogP contribution in [0.2, 0.25) is 0 Å². The number of nitrogens with one attached hydrogen (secondary N) is 4. The molecule has 4 aromatic rings. The monoisotopic (exact) mass is 613 g/mol. The Labute approximate surface area is 257 Å². The number of nitrogens with zero attached hydrogens (tertiary/aromatic N) is 3. The van der Waals surface area contributed by atoms with Gasteiger partial charge in [-0.05, 0) is 65.2 Å². The first-order chi connectivity index (χ1) is 21.7. The van der Waals surface area contributed by atoms with E-state index in [-0.39, 0.29) is 55.7 Å². The predicted molar refractivity (Wildman–Crippen MR) is 163 cm³/mol. The summed E-state index contributed by atoms with van der Waals surface area (Å²) in [4.78, 5) is 54.5. The first-order valence-electron chi connectivity index (χ1n) is 13.9. The lowest BCUT2D eigenvalue weighted by Crippen LogP contribution is -2.44. The third kappa shape index (κ3) is 8.38. The van der Waals surface area contributed by atoms with Gasteiger partial charge in [0.2, 0.25) is 11.8 Å². The number of rotatable bonds is 7. The molecular formula is C32H29F2N7O4. The molecule has 6 rings (SSSR count). The highest BCUT2D eigenvalue weighted by molar-refractivity contribution is 5.98. The zero-order valence-corrected chi connectivity index (χ0v) is 23.9. The van der Waals surface area contributed by atoms with Crippen molar-refractivity contribution in [3.05, 3.63) is 119 Å². The van der Waals surface area contributed by atoms with Crippen LogP contribution in [0.3, 0.4) is 0 Å². The van der Waals surface area contributed by atoms with Gasteiger partial charge >= 0.3 is 12.1 Å². The van der Waals surface area contributed by atoms with E-state index in [0.29, 0.717) is 34.9 Å². The van der Waals surface area contributed by atoms with Crippen molar-refractivity contribution in [3.63, 3.8) is 0 Å². The van der Waals surface area contributed by atoms with Crippen molar-refractivity contribution in [2.75, 3.05) is 29.0 Å². The molecule has 0 unspecified atom stereocenters. The lowest BCUT2D eigenvalue weighted by atomic mass is 10.1. The summed E-state index contributed by atoms with van der Waals surface area (Å²) in [6, 6.07) is 22.2. The highest BCUT2D eigenvalue weighted by Gasteiger charge is 2.26. The van der Waals surface area contributed by atoms with Gasteiger partial charge in [-0.3, -0.25) is 9.59 Å². The number of urea groups is 2. The number of carbonyl (C=O) groups is 4. The molecule has 4 N–H and O–H groups in total. The number of carbonyl (C=O) groups excluding carboxylic acids is 4. The van der Waals surface area contributed by atoms with Crippen LogP contribution in [-0.2, 0) is 29.2 Å². The van der Waals surface area contributed by atoms with Gasteiger partial charge in [-0.15, -0.1) is 0 Å². The van der Waals surface area contributed by atoms with Crippen LogP contribution in [0.1, 0.15) is 16.7 Å². The Kier molecular flexibility index (Phi) is 9.58. The van der Waals surface area contributed by atoms with Gasteiger partial charge in [0.15, 0.2) is 0 Å². The van der Waals surface area contributed by atoms with Crippen molar-refractivity contribution in [2.24, 2.45) is 0 Å². The number of pyridine rings is 1. The molecule has 0 saturated carbocycles. The Morgan fingerprint density at radius 2 is 1.29 bits per heavy atom. The fraction of sp³-hybridized carbons (Fsp3) is 0.156. The highest BCUT2D eigenvalue weighted by atomic mass is 19.1. The molecule has 6 amide bonds. The molecule has 2 aliphatic rings. The molecule has 1 aromatic heterocycles. The number of benzene rings is 3. The van der Waals surface area contributed by atoms with E-state index in [1.54, 1.807) is 24.4 Å². The Morgan fingerprint density at radius 3 is 1.84 bits per heavy atom. The Balaban J connectivity index is 0.000000178. The second kappa shape index (κ2) is 14.1. The molecule has 0 atom stereocenters. The fourth-order valence-electron chi connectivity index (χ4n) is 4.65. The fourth-order valence-corrected chi connectivity index (χ4v) is 4.65. The van der Waals surface area contributed by atoms with Crippen molar-refractivity contribution >= 4 is 41.1 Å². The van der Waals surface area contributed by atoms with Crippen LogP contribution >= 0.6 is 0 Å². The number of fused-ring (bicyclic) bond motifs is 2. The summed E-state index contributed by atoms with van der Waals surface area (Å²) in [5.74, 6) is -0.963. The van der Waals surface area contributed by atoms with E-state index in [9.17, 15) is 28.0 Å². The van der Waals surface area contributed by atoms with E-state index in [0.717, 1.165) is 5.56 Å². The number of aromatic nitrogens is 1. The van der Waals surface area contributed by atoms with Crippen LogP contribution in [0.15, 0.2) is 91.1 Å². The smallest absolute Gasteiger partial charge is 0.322 e. The van der Waals surface area contributed by atoms with E-state index in [1.807, 2.05) is 30.3 Å². The molecule has 0 fully saturated rings. The molecule has 0 bridgehead atoms. The van der Waals surface area contributed by atoms with Gasteiger partial charge in [0.05, 0.1) is 13.1 Å². The minimum absolute atomic E-state index is 0.0748. The largest absolute Gasteiger partial charge is 0.350 e. The van der Waals surface area contributed by atoms with Crippen molar-refractivity contribution in [1.82, 2.24) is 20.1 Å². The van der Waals surface area contributed by atoms with E-state index in [1.165, 1.54) is 46.2 Å². The lowest BCUT2D eigenvalue weighted by Gasteiger charge is -2.28. The summed E-state index contributed by atoms with van der Waals surface area (Å²) in [6.45, 7) is 0.569. The SMILES string of the molecule is O=C(CN1Cc2cc(F)ccc2NC1=O)NCc1ccccc1.O=C(CN1Cc2cc(F)ccc2NC1=O)Nc1ccccn1. The second-order valence-electron chi connectivity index (χ2n) is 10.2. The average Bonchev–Trinajstić information content (AvgIpc) is 3.02. The first-order valence-corrected chi connectivity index (χ1v) is 13.9. The summed E-state index contributed by atoms with van der Waals surface area (Å²) >= 11 is 0. The summed E-state index contributed by atoms with van der Waals surface area (Å²) in [5.41, 5.74) is 3.41. The molecule has 0 radical (unpaired) electrons. The van der Waals surface area contributed by atoms with Gasteiger partial charge in [0.1, 0.15) is 30.5 Å². The number of amides is 6. The maximum Gasteiger partial charge on any atom is 0.322 e. The molecule has 230 valence electrons. The number of anilines is 3. The highest BCUT2D eigenvalue weighted by Crippen LogP contribution is 2.25. The minimum atomic E-state index is -0.393. The van der Waals surface area contributed by atoms with Crippen LogP contribution in [0.25, 0.3) is 0 Å². The minimum Gasteiger partial charge on any atom is -0.350 e. The normalized spacial score (nSPS) is 13.3. The van der Waals surface area contributed by atoms with Crippen LogP contribution < -0.4 is 21.3 Å². The third-order valence-electron chi connectivity index (χ3n) is 6.85. The second-order valence-corrected chi connectivity index (χ2v) is 10.2. The third-order valence-corrected chi connectivity index (χ3v) is 6.85. The quantitative estimate of drug-likeness (QED) is 0.240. The molecule has 45 heavy (non-hydrogen) atoms. The van der Waals surface area contributed by atoms with E-state index < -0.39 is 6.03 Å². The molecule has 0 saturated heterocycles. The maximum atomic E-state index is 13.3. The molecule has 0 spiro atoms. The zero-order chi connectivity index (χ0) is 31.8. The van der Waals surface area contributed by atoms with Gasteiger partial charge < -0.3 is 31.1 Å². The maximum absolute atomic E-state index is 13.3. The zero-order valence-electron chi connectivity index (χ0n) is 23.9. The van der Waals surface area contributed by atoms with Crippen LogP contribution in [-0.4, -0.2) is 51.7 Å². The summed E-state index contributed by atoms with van der Waals surface area (Å²) < 4.78 is 26.5. The molecule has 13 heteroatoms. The van der Waals surface area contributed by atoms with Crippen molar-refractivity contribution in [2.45, 2.75) is 19.6 Å². The van der Waals surface area contributed by atoms with Crippen molar-refractivity contribution in [3.8, 4) is 0 Å². The average molecular weight is 614 g/mol. The molecule has 3 aromatic carbocycles. The van der Waals surface area contributed by atoms with E-state index in [2.05, 4.69) is 26.3 Å². The van der Waals surface area contributed by atoms with E-state index >= 15 is 0 Å². The molecule has 0 aliphatic carbocycles. The molecule has 2 aliphatic heterocycles. The Morgan fingerprint density at radius 1 is 0.733 bits per heavy atom. The first kappa shape index (κ1) is 30.6. The van der Waals surface area contributed by atoms with Crippen LogP contribution in [0, 0.1) is 11.6 Å². The number of hydrogen-bond donors (Lipinski definition) is 4. The lowest BCUT2D eigenvalue weighted by molar-refractivity contribution is -0.122. The Bertz CT molecular complexity index is 1710. The van der Waals surface area contributed by atoms with Crippen LogP contribution in [0.4, 0.5) is 35.6 Å². The Hall–Kier alpha value is -5.85. The van der Waals surface area contributed by atoms with Gasteiger partial charge in [-0.2, -0.15) is 0 Å². The van der Waals surface area contributed by atoms with Crippen LogP contribution in [0.5, 0.6) is 0 Å². The summed E-state index contributed by atoms with van der Waals surface area (Å²) in [7, 11) is 0. The standard InChI is InChI=1S/C17H16FN3O2.C15H13FN4O2/c18-14-6-7-15-13(8-14)10-21(17(23)20-15)11-16(22)19-9-12-4-2-1-3-5-12;16-11-4-5-12-10(7-11)8-20(15(22)18-12)9-14(21)19-13-3-1-2-6-17-13/h1-8H,9-11H2,(H,19,22)(H,20,23);1-7H,8-9H2,(H,18,22)(H,17,19,21). The summed E-state index contributed by atoms with van der Waals surface area (Å²) in [6.07, 6.45) is 1.56. The molecule has 3 heterocycles. The molecular weight excluding hydrogens is 584 g/mol. The van der Waals surface area contributed by atoms with Gasteiger partial charge in [-0.1, -0.05) is 36.4 Å². The van der Waals surface area contributed by atoms with Crippen molar-refractivity contribution in [1.29, 1.82) is 0 Å². The number of hydrogen-bond acceptors (Lipinski definition) is 5. The van der Waals surface area contributed by atoms with Gasteiger partial charge in [0, 0.05) is 24.1 Å². The van der Waals surface area contributed by atoms with E-state index in [4.69, 9.17) is 0 Å². The predicted octanol–water partition coefficient (Wildman–Crippen LogP) is 4.70. The van der Waals surface area contributed by atoms with Crippen molar-refractivity contribution < 1.29 is 28.0 Å². The molecule has 11 nitrogen and oxygen atoms in total. The summed E-state index contributed by atoms with van der Waals surface area (Å²) in [5, 5.41) is 10.7. The van der Waals surface area contributed by atoms with Gasteiger partial charge in [-0.25, -0.2) is 23.4 Å².